The predicted octanol–water partition coefficient (Wildman–Crippen LogP) is 3.28. The number of carboxylic acids is 1. The maximum atomic E-state index is 13.0. The van der Waals surface area contributed by atoms with Crippen molar-refractivity contribution >= 4 is 27.8 Å². The van der Waals surface area contributed by atoms with Crippen LogP contribution in [-0.4, -0.2) is 40.3 Å². The summed E-state index contributed by atoms with van der Waals surface area (Å²) in [5.74, 6) is -0.703. The Labute approximate surface area is 143 Å². The summed E-state index contributed by atoms with van der Waals surface area (Å²) in [5.41, 5.74) is -0.288. The number of rotatable bonds is 2. The molecule has 1 spiro atoms. The van der Waals surface area contributed by atoms with E-state index in [1.165, 1.54) is 4.90 Å². The first kappa shape index (κ1) is 16.5. The lowest BCUT2D eigenvalue weighted by atomic mass is 9.83. The molecule has 1 N–H and O–H groups in total. The minimum atomic E-state index is -1.01. The smallest absolute Gasteiger partial charge is 0.328 e. The van der Waals surface area contributed by atoms with Gasteiger partial charge in [0.05, 0.1) is 6.61 Å². The molecule has 3 rings (SSSR count). The molecule has 1 aromatic carbocycles. The van der Waals surface area contributed by atoms with Gasteiger partial charge in [0.15, 0.2) is 6.04 Å². The quantitative estimate of drug-likeness (QED) is 0.853. The van der Waals surface area contributed by atoms with E-state index in [-0.39, 0.29) is 12.5 Å². The minimum Gasteiger partial charge on any atom is -0.480 e. The first-order chi connectivity index (χ1) is 10.9. The molecule has 1 aromatic rings. The van der Waals surface area contributed by atoms with Gasteiger partial charge in [-0.2, -0.15) is 0 Å². The number of carbonyl (C=O) groups excluding carboxylic acids is 1. The van der Waals surface area contributed by atoms with E-state index in [1.807, 2.05) is 6.07 Å². The maximum Gasteiger partial charge on any atom is 0.328 e. The molecule has 0 unspecified atom stereocenters. The summed E-state index contributed by atoms with van der Waals surface area (Å²) in [6.45, 7) is 2.24. The molecule has 1 heterocycles. The Kier molecular flexibility index (Phi) is 4.47. The highest BCUT2D eigenvalue weighted by atomic mass is 79.9. The fraction of sp³-hybridized carbons (Fsp3) is 0.529. The van der Waals surface area contributed by atoms with Crippen molar-refractivity contribution in [3.8, 4) is 0 Å². The molecule has 5 nitrogen and oxygen atoms in total. The number of aliphatic carboxylic acids is 1. The third-order valence-corrected chi connectivity index (χ3v) is 5.38. The summed E-state index contributed by atoms with van der Waals surface area (Å²) < 4.78 is 6.69. The normalized spacial score (nSPS) is 30.6. The van der Waals surface area contributed by atoms with Crippen LogP contribution in [0.5, 0.6) is 0 Å². The molecule has 1 aliphatic carbocycles. The number of hydrogen-bond acceptors (Lipinski definition) is 3. The number of ether oxygens (including phenoxy) is 1. The third-order valence-electron chi connectivity index (χ3n) is 4.89. The van der Waals surface area contributed by atoms with Gasteiger partial charge in [-0.05, 0) is 49.8 Å². The number of carbonyl (C=O) groups is 2. The molecule has 23 heavy (non-hydrogen) atoms. The Morgan fingerprint density at radius 3 is 2.65 bits per heavy atom. The van der Waals surface area contributed by atoms with Gasteiger partial charge in [0.25, 0.3) is 5.91 Å². The van der Waals surface area contributed by atoms with Crippen molar-refractivity contribution in [2.45, 2.75) is 44.4 Å². The molecule has 1 saturated heterocycles. The average molecular weight is 382 g/mol. The number of halogens is 1. The maximum absolute atomic E-state index is 13.0. The molecular formula is C17H20BrNO4. The Morgan fingerprint density at radius 2 is 2.04 bits per heavy atom. The van der Waals surface area contributed by atoms with Crippen LogP contribution < -0.4 is 0 Å². The van der Waals surface area contributed by atoms with Gasteiger partial charge in [-0.3, -0.25) is 9.69 Å². The van der Waals surface area contributed by atoms with E-state index in [9.17, 15) is 14.7 Å². The minimum absolute atomic E-state index is 0.0590. The average Bonchev–Trinajstić information content (AvgIpc) is 2.89. The second kappa shape index (κ2) is 6.24. The second-order valence-corrected chi connectivity index (χ2v) is 7.39. The lowest BCUT2D eigenvalue weighted by Crippen LogP contribution is -2.55. The van der Waals surface area contributed by atoms with E-state index in [2.05, 4.69) is 22.9 Å². The van der Waals surface area contributed by atoms with E-state index in [1.54, 1.807) is 18.2 Å². The van der Waals surface area contributed by atoms with Gasteiger partial charge >= 0.3 is 5.97 Å². The SMILES string of the molecule is CC1CCC2(CC1)OC[C@@H](C(=O)O)N2C(=O)c1cccc(Br)c1. The monoisotopic (exact) mass is 381 g/mol. The molecule has 1 amide bonds. The molecule has 2 fully saturated rings. The molecule has 1 saturated carbocycles. The zero-order valence-corrected chi connectivity index (χ0v) is 14.6. The number of amides is 1. The van der Waals surface area contributed by atoms with Crippen LogP contribution in [0.3, 0.4) is 0 Å². The van der Waals surface area contributed by atoms with Gasteiger partial charge < -0.3 is 9.84 Å². The lowest BCUT2D eigenvalue weighted by Gasteiger charge is -2.42. The lowest BCUT2D eigenvalue weighted by molar-refractivity contribution is -0.143. The summed E-state index contributed by atoms with van der Waals surface area (Å²) in [6, 6.07) is 6.13. The summed E-state index contributed by atoms with van der Waals surface area (Å²) in [4.78, 5) is 26.1. The van der Waals surface area contributed by atoms with Crippen LogP contribution in [-0.2, 0) is 9.53 Å². The summed E-state index contributed by atoms with van der Waals surface area (Å²) >= 11 is 3.36. The summed E-state index contributed by atoms with van der Waals surface area (Å²) in [5, 5.41) is 9.52. The van der Waals surface area contributed by atoms with Gasteiger partial charge in [0, 0.05) is 10.0 Å². The topological polar surface area (TPSA) is 66.8 Å². The highest BCUT2D eigenvalue weighted by molar-refractivity contribution is 9.10. The Bertz CT molecular complexity index is 625. The van der Waals surface area contributed by atoms with Crippen LogP contribution in [0.1, 0.15) is 43.0 Å². The molecule has 2 aliphatic rings. The summed E-state index contributed by atoms with van der Waals surface area (Å²) in [7, 11) is 0. The van der Waals surface area contributed by atoms with E-state index < -0.39 is 17.7 Å². The molecule has 1 aliphatic heterocycles. The molecule has 124 valence electrons. The first-order valence-corrected chi connectivity index (χ1v) is 8.68. The third kappa shape index (κ3) is 3.02. The molecule has 0 radical (unpaired) electrons. The zero-order valence-electron chi connectivity index (χ0n) is 13.0. The van der Waals surface area contributed by atoms with Crippen molar-refractivity contribution in [2.24, 2.45) is 5.92 Å². The largest absolute Gasteiger partial charge is 0.480 e. The standard InChI is InChI=1S/C17H20BrNO4/c1-11-5-7-17(8-6-11)19(14(10-23-17)16(21)22)15(20)12-3-2-4-13(18)9-12/h2-4,9,11,14H,5-8,10H2,1H3,(H,21,22)/t11?,14-,17?/m0/s1. The van der Waals surface area contributed by atoms with E-state index in [4.69, 9.17) is 4.74 Å². The van der Waals surface area contributed by atoms with Crippen molar-refractivity contribution in [1.82, 2.24) is 4.90 Å². The Balaban J connectivity index is 1.96. The number of carboxylic acid groups (broad SMARTS) is 1. The van der Waals surface area contributed by atoms with Gasteiger partial charge in [0.1, 0.15) is 5.72 Å². The van der Waals surface area contributed by atoms with Crippen molar-refractivity contribution in [1.29, 1.82) is 0 Å². The molecule has 0 aromatic heterocycles. The molecular weight excluding hydrogens is 362 g/mol. The van der Waals surface area contributed by atoms with Crippen molar-refractivity contribution in [2.75, 3.05) is 6.61 Å². The molecule has 1 atom stereocenters. The van der Waals surface area contributed by atoms with Crippen molar-refractivity contribution in [3.63, 3.8) is 0 Å². The summed E-state index contributed by atoms with van der Waals surface area (Å²) in [6.07, 6.45) is 3.26. The van der Waals surface area contributed by atoms with E-state index in [0.717, 1.165) is 17.3 Å². The Hall–Kier alpha value is -1.40. The van der Waals surface area contributed by atoms with Crippen LogP contribution in [0.25, 0.3) is 0 Å². The van der Waals surface area contributed by atoms with E-state index >= 15 is 0 Å². The molecule has 6 heteroatoms. The van der Waals surface area contributed by atoms with Crippen LogP contribution in [0, 0.1) is 5.92 Å². The van der Waals surface area contributed by atoms with Gasteiger partial charge in [-0.15, -0.1) is 0 Å². The van der Waals surface area contributed by atoms with Gasteiger partial charge in [-0.1, -0.05) is 28.9 Å². The fourth-order valence-electron chi connectivity index (χ4n) is 3.53. The highest BCUT2D eigenvalue weighted by Crippen LogP contribution is 2.43. The van der Waals surface area contributed by atoms with Gasteiger partial charge in [-0.25, -0.2) is 4.79 Å². The first-order valence-electron chi connectivity index (χ1n) is 7.89. The second-order valence-electron chi connectivity index (χ2n) is 6.48. The van der Waals surface area contributed by atoms with Crippen LogP contribution in [0.4, 0.5) is 0 Å². The number of nitrogens with zero attached hydrogens (tertiary/aromatic N) is 1. The van der Waals surface area contributed by atoms with Crippen molar-refractivity contribution < 1.29 is 19.4 Å². The van der Waals surface area contributed by atoms with Crippen molar-refractivity contribution in [3.05, 3.63) is 34.3 Å². The number of hydrogen-bond donors (Lipinski definition) is 1. The van der Waals surface area contributed by atoms with Crippen LogP contribution >= 0.6 is 15.9 Å². The highest BCUT2D eigenvalue weighted by Gasteiger charge is 2.53. The van der Waals surface area contributed by atoms with Crippen LogP contribution in [0.15, 0.2) is 28.7 Å². The number of benzene rings is 1. The zero-order chi connectivity index (χ0) is 16.6. The predicted molar refractivity (Wildman–Crippen MR) is 88.1 cm³/mol. The Morgan fingerprint density at radius 1 is 1.35 bits per heavy atom. The molecule has 0 bridgehead atoms. The fourth-order valence-corrected chi connectivity index (χ4v) is 3.93. The van der Waals surface area contributed by atoms with Crippen LogP contribution in [0.2, 0.25) is 0 Å². The van der Waals surface area contributed by atoms with Gasteiger partial charge in [0.2, 0.25) is 0 Å². The van der Waals surface area contributed by atoms with E-state index in [0.29, 0.717) is 24.3 Å².